The Bertz CT molecular complexity index is 55.0. The van der Waals surface area contributed by atoms with Gasteiger partial charge in [0.05, 0.1) is 0 Å². The molecule has 0 N–H and O–H groups in total. The summed E-state index contributed by atoms with van der Waals surface area (Å²) < 4.78 is 0. The summed E-state index contributed by atoms with van der Waals surface area (Å²) in [7, 11) is 1.25. The topological polar surface area (TPSA) is 0 Å². The molecule has 0 nitrogen and oxygen atoms in total. The molecule has 0 heterocycles. The molecule has 0 radical (unpaired) electrons. The van der Waals surface area contributed by atoms with Crippen LogP contribution in [0.15, 0.2) is 11.3 Å². The van der Waals surface area contributed by atoms with Gasteiger partial charge in [0.2, 0.25) is 0 Å². The molecule has 1 heteroatoms. The number of rotatable bonds is 1. The molecule has 6 heavy (non-hydrogen) atoms. The summed E-state index contributed by atoms with van der Waals surface area (Å²) in [6, 6.07) is 0. The van der Waals surface area contributed by atoms with Gasteiger partial charge in [-0.05, 0) is 13.3 Å². The molecule has 0 aromatic carbocycles. The minimum atomic E-state index is 1.25. The van der Waals surface area contributed by atoms with E-state index < -0.39 is 0 Å². The van der Waals surface area contributed by atoms with Crippen LogP contribution in [-0.4, -0.2) is 10.2 Å². The molecule has 0 saturated carbocycles. The highest BCUT2D eigenvalue weighted by molar-refractivity contribution is 6.21. The van der Waals surface area contributed by atoms with Gasteiger partial charge in [0.1, 0.15) is 0 Å². The van der Waals surface area contributed by atoms with Crippen molar-refractivity contribution in [3.63, 3.8) is 0 Å². The molecule has 0 aliphatic rings. The van der Waals surface area contributed by atoms with E-state index in [2.05, 4.69) is 19.9 Å². The normalized spacial score (nSPS) is 12.7. The average molecular weight is 100 g/mol. The van der Waals surface area contributed by atoms with Gasteiger partial charge in [-0.25, -0.2) is 0 Å². The predicted molar refractivity (Wildman–Crippen MR) is 34.0 cm³/mol. The standard InChI is InChI=1S/C5H12Si/c1-3-5(6)4-2/h3H,4H2,1-2,6H3. The molecule has 36 valence electrons. The summed E-state index contributed by atoms with van der Waals surface area (Å²) in [5.74, 6) is 0. The third-order valence-electron chi connectivity index (χ3n) is 1.05. The van der Waals surface area contributed by atoms with E-state index in [-0.39, 0.29) is 0 Å². The fourth-order valence-electron chi connectivity index (χ4n) is 0.204. The molecule has 0 saturated heterocycles. The zero-order chi connectivity index (χ0) is 4.99. The molecule has 0 unspecified atom stereocenters. The van der Waals surface area contributed by atoms with Crippen LogP contribution < -0.4 is 0 Å². The molecular weight excluding hydrogens is 88.1 g/mol. The Hall–Kier alpha value is -0.0431. The minimum Gasteiger partial charge on any atom is -0.0962 e. The summed E-state index contributed by atoms with van der Waals surface area (Å²) in [6.45, 7) is 4.30. The van der Waals surface area contributed by atoms with Gasteiger partial charge in [-0.2, -0.15) is 0 Å². The lowest BCUT2D eigenvalue weighted by molar-refractivity contribution is 1.19. The maximum atomic E-state index is 2.20. The van der Waals surface area contributed by atoms with E-state index in [0.717, 1.165) is 0 Å². The van der Waals surface area contributed by atoms with Crippen molar-refractivity contribution < 1.29 is 0 Å². The molecule has 0 aliphatic carbocycles. The van der Waals surface area contributed by atoms with Gasteiger partial charge in [-0.15, -0.1) is 0 Å². The van der Waals surface area contributed by atoms with Crippen molar-refractivity contribution in [3.8, 4) is 0 Å². The van der Waals surface area contributed by atoms with Crippen LogP contribution in [0.3, 0.4) is 0 Å². The highest BCUT2D eigenvalue weighted by Crippen LogP contribution is 1.89. The molecule has 0 fully saturated rings. The van der Waals surface area contributed by atoms with Crippen LogP contribution in [0, 0.1) is 0 Å². The zero-order valence-corrected chi connectivity index (χ0v) is 6.78. The first-order chi connectivity index (χ1) is 2.81. The highest BCUT2D eigenvalue weighted by Gasteiger charge is 1.73. The van der Waals surface area contributed by atoms with E-state index in [1.54, 1.807) is 5.20 Å². The Morgan fingerprint density at radius 3 is 2.33 bits per heavy atom. The van der Waals surface area contributed by atoms with Gasteiger partial charge in [0, 0.05) is 10.2 Å². The molecule has 0 atom stereocenters. The fourth-order valence-corrected chi connectivity index (χ4v) is 0.204. The Morgan fingerprint density at radius 2 is 2.33 bits per heavy atom. The molecular formula is C5H12Si. The van der Waals surface area contributed by atoms with Crippen molar-refractivity contribution in [2.24, 2.45) is 0 Å². The van der Waals surface area contributed by atoms with Crippen LogP contribution in [0.2, 0.25) is 0 Å². The summed E-state index contributed by atoms with van der Waals surface area (Å²) in [5.41, 5.74) is 0. The van der Waals surface area contributed by atoms with Crippen molar-refractivity contribution in [1.29, 1.82) is 0 Å². The van der Waals surface area contributed by atoms with Gasteiger partial charge >= 0.3 is 0 Å². The molecule has 0 aromatic heterocycles. The van der Waals surface area contributed by atoms with Crippen molar-refractivity contribution in [2.45, 2.75) is 20.3 Å². The first kappa shape index (κ1) is 5.96. The lowest BCUT2D eigenvalue weighted by atomic mass is 10.4. The zero-order valence-electron chi connectivity index (χ0n) is 4.78. The van der Waals surface area contributed by atoms with Crippen LogP contribution in [-0.2, 0) is 0 Å². The van der Waals surface area contributed by atoms with Crippen LogP contribution >= 0.6 is 0 Å². The average Bonchev–Trinajstić information content (AvgIpc) is 1.65. The largest absolute Gasteiger partial charge is 0.0962 e. The molecule has 0 aliphatic heterocycles. The van der Waals surface area contributed by atoms with E-state index in [0.29, 0.717) is 0 Å². The Kier molecular flexibility index (Phi) is 3.14. The first-order valence-electron chi connectivity index (χ1n) is 2.43. The third-order valence-corrected chi connectivity index (χ3v) is 2.33. The van der Waals surface area contributed by atoms with E-state index in [4.69, 9.17) is 0 Å². The van der Waals surface area contributed by atoms with Gasteiger partial charge in [0.25, 0.3) is 0 Å². The van der Waals surface area contributed by atoms with Crippen molar-refractivity contribution in [2.75, 3.05) is 0 Å². The van der Waals surface area contributed by atoms with Crippen LogP contribution in [0.25, 0.3) is 0 Å². The third kappa shape index (κ3) is 2.21. The molecule has 0 spiro atoms. The predicted octanol–water partition coefficient (Wildman–Crippen LogP) is 0.666. The van der Waals surface area contributed by atoms with Crippen molar-refractivity contribution in [3.05, 3.63) is 11.3 Å². The Balaban J connectivity index is 3.22. The molecule has 0 amide bonds. The minimum absolute atomic E-state index is 1.25. The maximum absolute atomic E-state index is 2.20. The van der Waals surface area contributed by atoms with E-state index in [1.807, 2.05) is 0 Å². The van der Waals surface area contributed by atoms with E-state index in [9.17, 15) is 0 Å². The van der Waals surface area contributed by atoms with Crippen molar-refractivity contribution >= 4 is 10.2 Å². The number of allylic oxidation sites excluding steroid dienone is 2. The molecule has 0 aromatic rings. The van der Waals surface area contributed by atoms with Crippen LogP contribution in [0.4, 0.5) is 0 Å². The van der Waals surface area contributed by atoms with Gasteiger partial charge in [0.15, 0.2) is 0 Å². The van der Waals surface area contributed by atoms with Gasteiger partial charge < -0.3 is 0 Å². The second kappa shape index (κ2) is 3.16. The highest BCUT2D eigenvalue weighted by atomic mass is 28.1. The number of hydrogen-bond acceptors (Lipinski definition) is 0. The Morgan fingerprint density at radius 1 is 1.83 bits per heavy atom. The molecule has 0 rings (SSSR count). The van der Waals surface area contributed by atoms with Crippen LogP contribution in [0.1, 0.15) is 20.3 Å². The summed E-state index contributed by atoms with van der Waals surface area (Å²) in [6.07, 6.45) is 3.45. The summed E-state index contributed by atoms with van der Waals surface area (Å²) in [4.78, 5) is 0. The monoisotopic (exact) mass is 100 g/mol. The second-order valence-corrected chi connectivity index (χ2v) is 2.77. The van der Waals surface area contributed by atoms with E-state index in [1.165, 1.54) is 16.7 Å². The van der Waals surface area contributed by atoms with Gasteiger partial charge in [-0.1, -0.05) is 18.2 Å². The summed E-state index contributed by atoms with van der Waals surface area (Å²) in [5, 5.41) is 1.61. The SMILES string of the molecule is CC=C([SiH3])CC. The van der Waals surface area contributed by atoms with Gasteiger partial charge in [-0.3, -0.25) is 0 Å². The smallest absolute Gasteiger partial charge is 0.0328 e. The fraction of sp³-hybridized carbons (Fsp3) is 0.600. The molecule has 0 bridgehead atoms. The second-order valence-electron chi connectivity index (χ2n) is 1.49. The number of hydrogen-bond donors (Lipinski definition) is 0. The van der Waals surface area contributed by atoms with Crippen LogP contribution in [0.5, 0.6) is 0 Å². The Labute approximate surface area is 42.7 Å². The maximum Gasteiger partial charge on any atom is 0.0328 e. The van der Waals surface area contributed by atoms with E-state index >= 15 is 0 Å². The first-order valence-corrected chi connectivity index (χ1v) is 3.43. The lowest BCUT2D eigenvalue weighted by Gasteiger charge is -1.85. The van der Waals surface area contributed by atoms with Crippen molar-refractivity contribution in [1.82, 2.24) is 0 Å². The quantitative estimate of drug-likeness (QED) is 0.425. The lowest BCUT2D eigenvalue weighted by Crippen LogP contribution is -1.72. The summed E-state index contributed by atoms with van der Waals surface area (Å²) >= 11 is 0.